The number of halogens is 3. The van der Waals surface area contributed by atoms with Gasteiger partial charge in [0.15, 0.2) is 5.76 Å². The highest BCUT2D eigenvalue weighted by molar-refractivity contribution is 9.10. The fourth-order valence-electron chi connectivity index (χ4n) is 3.57. The number of ether oxygens (including phenoxy) is 1. The van der Waals surface area contributed by atoms with E-state index in [2.05, 4.69) is 21.2 Å². The zero-order valence-corrected chi connectivity index (χ0v) is 19.5. The Labute approximate surface area is 197 Å². The van der Waals surface area contributed by atoms with Crippen molar-refractivity contribution < 1.29 is 22.7 Å². The summed E-state index contributed by atoms with van der Waals surface area (Å²) < 4.78 is 39.9. The summed E-state index contributed by atoms with van der Waals surface area (Å²) in [5.74, 6) is -0.631. The molecule has 1 aliphatic rings. The van der Waals surface area contributed by atoms with Crippen LogP contribution in [-0.4, -0.2) is 41.6 Å². The van der Waals surface area contributed by atoms with Crippen LogP contribution in [0, 0.1) is 18.6 Å². The molecule has 10 heteroatoms. The average molecular weight is 522 g/mol. The predicted octanol–water partition coefficient (Wildman–Crippen LogP) is 3.46. The normalized spacial score (nSPS) is 13.9. The highest BCUT2D eigenvalue weighted by atomic mass is 79.9. The maximum Gasteiger partial charge on any atom is 0.289 e. The van der Waals surface area contributed by atoms with Crippen LogP contribution in [0.4, 0.5) is 8.78 Å². The van der Waals surface area contributed by atoms with Crippen molar-refractivity contribution in [3.63, 3.8) is 0 Å². The van der Waals surface area contributed by atoms with Crippen LogP contribution < -0.4 is 15.6 Å². The van der Waals surface area contributed by atoms with Gasteiger partial charge in [-0.3, -0.25) is 9.59 Å². The number of pyridine rings is 1. The number of hydrogen-bond donors (Lipinski definition) is 1. The van der Waals surface area contributed by atoms with E-state index >= 15 is 0 Å². The van der Waals surface area contributed by atoms with Crippen molar-refractivity contribution in [2.45, 2.75) is 20.1 Å². The zero-order valence-electron chi connectivity index (χ0n) is 17.9. The molecule has 4 rings (SSSR count). The SMILES string of the molecule is Cc1cc(OCc2ccc(F)cc2F)c(Br)c(=O)n1Cc1ccc(C(=O)N2CCNCC2)o1. The molecule has 0 spiro atoms. The minimum atomic E-state index is -0.722. The lowest BCUT2D eigenvalue weighted by molar-refractivity contribution is 0.0701. The van der Waals surface area contributed by atoms with Gasteiger partial charge in [-0.25, -0.2) is 8.78 Å². The van der Waals surface area contributed by atoms with Gasteiger partial charge in [-0.1, -0.05) is 0 Å². The lowest BCUT2D eigenvalue weighted by Crippen LogP contribution is -2.46. The molecule has 0 unspecified atom stereocenters. The van der Waals surface area contributed by atoms with Crippen LogP contribution in [0.25, 0.3) is 0 Å². The second kappa shape index (κ2) is 9.88. The van der Waals surface area contributed by atoms with E-state index in [1.165, 1.54) is 10.6 Å². The molecule has 2 aromatic heterocycles. The summed E-state index contributed by atoms with van der Waals surface area (Å²) in [5, 5.41) is 3.19. The van der Waals surface area contributed by atoms with E-state index in [-0.39, 0.29) is 46.2 Å². The van der Waals surface area contributed by atoms with Gasteiger partial charge in [0.25, 0.3) is 11.5 Å². The van der Waals surface area contributed by atoms with Gasteiger partial charge >= 0.3 is 0 Å². The van der Waals surface area contributed by atoms with Crippen LogP contribution in [0.15, 0.2) is 50.1 Å². The van der Waals surface area contributed by atoms with Gasteiger partial charge in [0, 0.05) is 49.6 Å². The Morgan fingerprint density at radius 3 is 2.67 bits per heavy atom. The van der Waals surface area contributed by atoms with Crippen LogP contribution in [0.1, 0.15) is 27.6 Å². The monoisotopic (exact) mass is 521 g/mol. The van der Waals surface area contributed by atoms with Gasteiger partial charge in [0.1, 0.15) is 34.2 Å². The number of carbonyl (C=O) groups is 1. The Balaban J connectivity index is 1.49. The molecule has 3 heterocycles. The summed E-state index contributed by atoms with van der Waals surface area (Å²) in [4.78, 5) is 27.2. The van der Waals surface area contributed by atoms with Crippen LogP contribution in [0.2, 0.25) is 0 Å². The number of carbonyl (C=O) groups excluding carboxylic acids is 1. The number of amides is 1. The summed E-state index contributed by atoms with van der Waals surface area (Å²) in [7, 11) is 0. The largest absolute Gasteiger partial charge is 0.487 e. The molecule has 3 aromatic rings. The third-order valence-corrected chi connectivity index (χ3v) is 6.13. The number of benzene rings is 1. The third-order valence-electron chi connectivity index (χ3n) is 5.40. The van der Waals surface area contributed by atoms with Crippen molar-refractivity contribution in [2.75, 3.05) is 26.2 Å². The molecule has 0 bridgehead atoms. The fraction of sp³-hybridized carbons (Fsp3) is 0.304. The molecular weight excluding hydrogens is 500 g/mol. The van der Waals surface area contributed by atoms with Gasteiger partial charge in [-0.05, 0) is 47.1 Å². The molecule has 1 N–H and O–H groups in total. The van der Waals surface area contributed by atoms with Crippen molar-refractivity contribution in [1.29, 1.82) is 0 Å². The van der Waals surface area contributed by atoms with E-state index in [1.807, 2.05) is 0 Å². The van der Waals surface area contributed by atoms with Crippen molar-refractivity contribution in [3.05, 3.63) is 85.6 Å². The lowest BCUT2D eigenvalue weighted by atomic mass is 10.2. The molecule has 1 fully saturated rings. The number of piperazine rings is 1. The zero-order chi connectivity index (χ0) is 23.5. The number of rotatable bonds is 6. The molecule has 174 valence electrons. The number of aromatic nitrogens is 1. The Morgan fingerprint density at radius 1 is 1.18 bits per heavy atom. The maximum atomic E-state index is 13.9. The van der Waals surface area contributed by atoms with Crippen molar-refractivity contribution in [2.24, 2.45) is 0 Å². The van der Waals surface area contributed by atoms with E-state index in [4.69, 9.17) is 9.15 Å². The molecule has 33 heavy (non-hydrogen) atoms. The number of aryl methyl sites for hydroxylation is 1. The molecular formula is C23H22BrF2N3O4. The molecule has 0 saturated carbocycles. The first-order valence-electron chi connectivity index (χ1n) is 10.4. The fourth-order valence-corrected chi connectivity index (χ4v) is 4.01. The van der Waals surface area contributed by atoms with E-state index in [0.29, 0.717) is 24.5 Å². The summed E-state index contributed by atoms with van der Waals surface area (Å²) in [5.41, 5.74) is 0.391. The molecule has 0 aliphatic carbocycles. The Hall–Kier alpha value is -2.98. The molecule has 7 nitrogen and oxygen atoms in total. The average Bonchev–Trinajstić information content (AvgIpc) is 3.28. The molecule has 1 saturated heterocycles. The third kappa shape index (κ3) is 5.17. The second-order valence-electron chi connectivity index (χ2n) is 7.69. The van der Waals surface area contributed by atoms with Crippen molar-refractivity contribution in [3.8, 4) is 5.75 Å². The molecule has 1 aromatic carbocycles. The van der Waals surface area contributed by atoms with Crippen LogP contribution in [0.5, 0.6) is 5.75 Å². The molecule has 0 radical (unpaired) electrons. The lowest BCUT2D eigenvalue weighted by Gasteiger charge is -2.26. The van der Waals surface area contributed by atoms with E-state index in [0.717, 1.165) is 25.2 Å². The van der Waals surface area contributed by atoms with E-state index in [1.54, 1.807) is 30.0 Å². The summed E-state index contributed by atoms with van der Waals surface area (Å²) >= 11 is 3.25. The van der Waals surface area contributed by atoms with Gasteiger partial charge in [0.05, 0.1) is 6.54 Å². The summed E-state index contributed by atoms with van der Waals surface area (Å²) in [6.45, 7) is 4.41. The highest BCUT2D eigenvalue weighted by Gasteiger charge is 2.21. The van der Waals surface area contributed by atoms with Crippen LogP contribution in [0.3, 0.4) is 0 Å². The topological polar surface area (TPSA) is 76.7 Å². The van der Waals surface area contributed by atoms with Crippen molar-refractivity contribution in [1.82, 2.24) is 14.8 Å². The minimum absolute atomic E-state index is 0.130. The number of furan rings is 1. The smallest absolute Gasteiger partial charge is 0.289 e. The van der Waals surface area contributed by atoms with Crippen LogP contribution >= 0.6 is 15.9 Å². The quantitative estimate of drug-likeness (QED) is 0.537. The molecule has 1 aliphatic heterocycles. The van der Waals surface area contributed by atoms with Gasteiger partial charge < -0.3 is 23.9 Å². The Bertz CT molecular complexity index is 1230. The Kier molecular flexibility index (Phi) is 6.94. The number of nitrogens with zero attached hydrogens (tertiary/aromatic N) is 2. The standard InChI is InChI=1S/C23H22BrF2N3O4/c1-14-10-20(32-13-15-2-3-16(25)11-18(15)26)21(24)23(31)29(14)12-17-4-5-19(33-17)22(30)28-8-6-27-7-9-28/h2-5,10-11,27H,6-9,12-13H2,1H3. The van der Waals surface area contributed by atoms with E-state index < -0.39 is 11.6 Å². The predicted molar refractivity (Wildman–Crippen MR) is 120 cm³/mol. The minimum Gasteiger partial charge on any atom is -0.487 e. The Morgan fingerprint density at radius 2 is 1.94 bits per heavy atom. The highest BCUT2D eigenvalue weighted by Crippen LogP contribution is 2.25. The number of hydrogen-bond acceptors (Lipinski definition) is 5. The second-order valence-corrected chi connectivity index (χ2v) is 8.48. The molecule has 0 atom stereocenters. The maximum absolute atomic E-state index is 13.9. The first kappa shape index (κ1) is 23.2. The van der Waals surface area contributed by atoms with Gasteiger partial charge in [-0.15, -0.1) is 0 Å². The van der Waals surface area contributed by atoms with E-state index in [9.17, 15) is 18.4 Å². The molecule has 1 amide bonds. The number of nitrogens with one attached hydrogen (secondary N) is 1. The van der Waals surface area contributed by atoms with Gasteiger partial charge in [0.2, 0.25) is 0 Å². The first-order valence-corrected chi connectivity index (χ1v) is 11.2. The summed E-state index contributed by atoms with van der Waals surface area (Å²) in [6.07, 6.45) is 0. The van der Waals surface area contributed by atoms with Crippen LogP contribution in [-0.2, 0) is 13.2 Å². The first-order chi connectivity index (χ1) is 15.8. The summed E-state index contributed by atoms with van der Waals surface area (Å²) in [6, 6.07) is 8.15. The van der Waals surface area contributed by atoms with Crippen molar-refractivity contribution >= 4 is 21.8 Å². The van der Waals surface area contributed by atoms with Gasteiger partial charge in [-0.2, -0.15) is 0 Å².